The lowest BCUT2D eigenvalue weighted by Crippen LogP contribution is -2.51. The molecule has 3 rings (SSSR count). The van der Waals surface area contributed by atoms with Crippen LogP contribution in [0.4, 0.5) is 4.39 Å². The summed E-state index contributed by atoms with van der Waals surface area (Å²) in [5.41, 5.74) is 1.44. The van der Waals surface area contributed by atoms with Gasteiger partial charge in [0.15, 0.2) is 0 Å². The van der Waals surface area contributed by atoms with Crippen LogP contribution in [0, 0.1) is 5.82 Å². The van der Waals surface area contributed by atoms with Crippen molar-refractivity contribution >= 4 is 5.91 Å². The van der Waals surface area contributed by atoms with E-state index in [1.807, 2.05) is 4.90 Å². The van der Waals surface area contributed by atoms with Gasteiger partial charge in [0, 0.05) is 31.2 Å². The third kappa shape index (κ3) is 2.62. The van der Waals surface area contributed by atoms with E-state index in [2.05, 4.69) is 5.32 Å². The molecule has 1 N–H and O–H groups in total. The van der Waals surface area contributed by atoms with Crippen molar-refractivity contribution < 1.29 is 13.9 Å². The second kappa shape index (κ2) is 5.27. The highest BCUT2D eigenvalue weighted by Crippen LogP contribution is 2.20. The largest absolute Gasteiger partial charge is 0.378 e. The van der Waals surface area contributed by atoms with Gasteiger partial charge in [0.25, 0.3) is 5.91 Å². The van der Waals surface area contributed by atoms with E-state index in [9.17, 15) is 9.18 Å². The zero-order chi connectivity index (χ0) is 13.2. The van der Waals surface area contributed by atoms with Crippen LogP contribution in [-0.4, -0.2) is 49.7 Å². The Hall–Kier alpha value is -1.46. The predicted octanol–water partition coefficient (Wildman–Crippen LogP) is 0.812. The predicted molar refractivity (Wildman–Crippen MR) is 68.6 cm³/mol. The Balaban J connectivity index is 1.72. The van der Waals surface area contributed by atoms with E-state index in [0.29, 0.717) is 31.7 Å². The Kier molecular flexibility index (Phi) is 3.48. The molecule has 0 saturated carbocycles. The topological polar surface area (TPSA) is 41.6 Å². The molecule has 0 aliphatic carbocycles. The van der Waals surface area contributed by atoms with Crippen LogP contribution < -0.4 is 5.32 Å². The van der Waals surface area contributed by atoms with Gasteiger partial charge in [-0.3, -0.25) is 4.79 Å². The van der Waals surface area contributed by atoms with Gasteiger partial charge in [0.1, 0.15) is 5.82 Å². The second-order valence-corrected chi connectivity index (χ2v) is 5.03. The average molecular weight is 264 g/mol. The zero-order valence-electron chi connectivity index (χ0n) is 10.7. The zero-order valence-corrected chi connectivity index (χ0v) is 10.7. The molecular weight excluding hydrogens is 247 g/mol. The van der Waals surface area contributed by atoms with Crippen LogP contribution in [0.2, 0.25) is 0 Å². The molecule has 2 heterocycles. The monoisotopic (exact) mass is 264 g/mol. The maximum atomic E-state index is 13.1. The molecule has 5 heteroatoms. The van der Waals surface area contributed by atoms with Gasteiger partial charge >= 0.3 is 0 Å². The molecule has 1 aromatic carbocycles. The van der Waals surface area contributed by atoms with E-state index in [0.717, 1.165) is 18.7 Å². The van der Waals surface area contributed by atoms with Gasteiger partial charge in [-0.2, -0.15) is 0 Å². The minimum atomic E-state index is -0.276. The fraction of sp³-hybridized carbons (Fsp3) is 0.500. The maximum Gasteiger partial charge on any atom is 0.254 e. The van der Waals surface area contributed by atoms with E-state index in [-0.39, 0.29) is 17.8 Å². The summed E-state index contributed by atoms with van der Waals surface area (Å²) in [6, 6.07) is 4.60. The highest BCUT2D eigenvalue weighted by Gasteiger charge is 2.27. The fourth-order valence-corrected chi connectivity index (χ4v) is 2.68. The van der Waals surface area contributed by atoms with Crippen molar-refractivity contribution in [1.82, 2.24) is 10.2 Å². The van der Waals surface area contributed by atoms with Gasteiger partial charge in [-0.05, 0) is 30.2 Å². The molecule has 4 nitrogen and oxygen atoms in total. The normalized spacial score (nSPS) is 23.3. The van der Waals surface area contributed by atoms with Crippen molar-refractivity contribution in [3.8, 4) is 0 Å². The summed E-state index contributed by atoms with van der Waals surface area (Å²) in [5, 5.41) is 3.34. The van der Waals surface area contributed by atoms with Gasteiger partial charge in [-0.1, -0.05) is 0 Å². The van der Waals surface area contributed by atoms with Crippen LogP contribution in [-0.2, 0) is 11.2 Å². The molecule has 19 heavy (non-hydrogen) atoms. The Bertz CT molecular complexity index is 486. The van der Waals surface area contributed by atoms with Gasteiger partial charge < -0.3 is 15.0 Å². The lowest BCUT2D eigenvalue weighted by molar-refractivity contribution is 0.0511. The van der Waals surface area contributed by atoms with Gasteiger partial charge in [0.2, 0.25) is 0 Å². The van der Waals surface area contributed by atoms with Crippen LogP contribution in [0.25, 0.3) is 0 Å². The smallest absolute Gasteiger partial charge is 0.254 e. The number of ether oxygens (including phenoxy) is 1. The quantitative estimate of drug-likeness (QED) is 0.859. The molecule has 0 unspecified atom stereocenters. The first kappa shape index (κ1) is 12.6. The van der Waals surface area contributed by atoms with Crippen molar-refractivity contribution in [1.29, 1.82) is 0 Å². The second-order valence-electron chi connectivity index (χ2n) is 5.03. The number of nitrogens with zero attached hydrogens (tertiary/aromatic N) is 1. The number of nitrogens with one attached hydrogen (secondary N) is 1. The maximum absolute atomic E-state index is 13.1. The SMILES string of the molecule is O=C1c2ccc(F)cc2CCN1C[C@H]1COCCN1. The lowest BCUT2D eigenvalue weighted by atomic mass is 9.98. The fourth-order valence-electron chi connectivity index (χ4n) is 2.68. The number of hydrogen-bond acceptors (Lipinski definition) is 3. The summed E-state index contributed by atoms with van der Waals surface area (Å²) >= 11 is 0. The molecule has 0 aromatic heterocycles. The van der Waals surface area contributed by atoms with E-state index < -0.39 is 0 Å². The molecule has 1 fully saturated rings. The van der Waals surface area contributed by atoms with Crippen LogP contribution in [0.15, 0.2) is 18.2 Å². The molecule has 0 bridgehead atoms. The highest BCUT2D eigenvalue weighted by atomic mass is 19.1. The van der Waals surface area contributed by atoms with E-state index in [1.54, 1.807) is 6.07 Å². The molecule has 1 atom stereocenters. The number of halogens is 1. The number of benzene rings is 1. The number of carbonyl (C=O) groups excluding carboxylic acids is 1. The highest BCUT2D eigenvalue weighted by molar-refractivity contribution is 5.96. The van der Waals surface area contributed by atoms with Crippen molar-refractivity contribution in [2.45, 2.75) is 12.5 Å². The molecule has 1 amide bonds. The third-order valence-electron chi connectivity index (χ3n) is 3.68. The number of hydrogen-bond donors (Lipinski definition) is 1. The van der Waals surface area contributed by atoms with Crippen LogP contribution in [0.3, 0.4) is 0 Å². The minimum absolute atomic E-state index is 0.00590. The van der Waals surface area contributed by atoms with E-state index >= 15 is 0 Å². The van der Waals surface area contributed by atoms with Gasteiger partial charge in [-0.25, -0.2) is 4.39 Å². The van der Waals surface area contributed by atoms with Gasteiger partial charge in [0.05, 0.1) is 13.2 Å². The molecule has 0 radical (unpaired) electrons. The van der Waals surface area contributed by atoms with Crippen molar-refractivity contribution in [3.63, 3.8) is 0 Å². The van der Waals surface area contributed by atoms with E-state index in [4.69, 9.17) is 4.74 Å². The molecule has 102 valence electrons. The number of morpholine rings is 1. The lowest BCUT2D eigenvalue weighted by Gasteiger charge is -2.33. The number of amides is 1. The molecular formula is C14H17FN2O2. The Morgan fingerprint density at radius 2 is 2.37 bits per heavy atom. The summed E-state index contributed by atoms with van der Waals surface area (Å²) in [5.74, 6) is -0.282. The number of carbonyl (C=O) groups is 1. The Morgan fingerprint density at radius 1 is 1.47 bits per heavy atom. The van der Waals surface area contributed by atoms with Crippen LogP contribution in [0.5, 0.6) is 0 Å². The van der Waals surface area contributed by atoms with Crippen molar-refractivity contribution in [2.75, 3.05) is 32.8 Å². The minimum Gasteiger partial charge on any atom is -0.378 e. The molecule has 1 saturated heterocycles. The molecule has 1 aromatic rings. The number of fused-ring (bicyclic) bond motifs is 1. The first-order valence-electron chi connectivity index (χ1n) is 6.63. The van der Waals surface area contributed by atoms with E-state index in [1.165, 1.54) is 12.1 Å². The Labute approximate surface area is 111 Å². The molecule has 0 spiro atoms. The summed E-state index contributed by atoms with van der Waals surface area (Å²) in [6.45, 7) is 3.49. The Morgan fingerprint density at radius 3 is 3.16 bits per heavy atom. The third-order valence-corrected chi connectivity index (χ3v) is 3.68. The number of rotatable bonds is 2. The summed E-state index contributed by atoms with van der Waals surface area (Å²) in [7, 11) is 0. The summed E-state index contributed by atoms with van der Waals surface area (Å²) < 4.78 is 18.5. The van der Waals surface area contributed by atoms with Crippen molar-refractivity contribution in [2.24, 2.45) is 0 Å². The molecule has 2 aliphatic rings. The van der Waals surface area contributed by atoms with Crippen LogP contribution in [0.1, 0.15) is 15.9 Å². The standard InChI is InChI=1S/C14H17FN2O2/c15-11-1-2-13-10(7-11)3-5-17(14(13)18)8-12-9-19-6-4-16-12/h1-2,7,12,16H,3-6,8-9H2/t12-/m0/s1. The molecule has 2 aliphatic heterocycles. The summed E-state index contributed by atoms with van der Waals surface area (Å²) in [4.78, 5) is 14.2. The summed E-state index contributed by atoms with van der Waals surface area (Å²) in [6.07, 6.45) is 0.715. The average Bonchev–Trinajstić information content (AvgIpc) is 2.43. The first-order chi connectivity index (χ1) is 9.24. The van der Waals surface area contributed by atoms with Gasteiger partial charge in [-0.15, -0.1) is 0 Å². The first-order valence-corrected chi connectivity index (χ1v) is 6.63. The van der Waals surface area contributed by atoms with Crippen molar-refractivity contribution in [3.05, 3.63) is 35.1 Å². The van der Waals surface area contributed by atoms with Crippen LogP contribution >= 0.6 is 0 Å².